The lowest BCUT2D eigenvalue weighted by Gasteiger charge is -2.17. The van der Waals surface area contributed by atoms with Crippen molar-refractivity contribution in [2.24, 2.45) is 0 Å². The first-order chi connectivity index (χ1) is 7.74. The maximum absolute atomic E-state index is 8.98. The lowest BCUT2D eigenvalue weighted by Crippen LogP contribution is -2.17. The third-order valence-electron chi connectivity index (χ3n) is 2.54. The van der Waals surface area contributed by atoms with Crippen LogP contribution >= 0.6 is 0 Å². The summed E-state index contributed by atoms with van der Waals surface area (Å²) < 4.78 is 10.4. The van der Waals surface area contributed by atoms with E-state index < -0.39 is 0 Å². The number of benzene rings is 1. The van der Waals surface area contributed by atoms with E-state index in [1.54, 1.807) is 14.2 Å². The summed E-state index contributed by atoms with van der Waals surface area (Å²) in [6.45, 7) is 0.144. The first-order valence-electron chi connectivity index (χ1n) is 5.26. The lowest BCUT2D eigenvalue weighted by molar-refractivity contribution is 0.268. The number of hydrogen-bond acceptors (Lipinski definition) is 4. The van der Waals surface area contributed by atoms with Gasteiger partial charge >= 0.3 is 0 Å². The molecular weight excluding hydrogens is 206 g/mol. The summed E-state index contributed by atoms with van der Waals surface area (Å²) in [6, 6.07) is 5.82. The van der Waals surface area contributed by atoms with E-state index in [9.17, 15) is 0 Å². The third-order valence-corrected chi connectivity index (χ3v) is 2.54. The molecule has 0 bridgehead atoms. The van der Waals surface area contributed by atoms with Gasteiger partial charge in [0, 0.05) is 18.7 Å². The second kappa shape index (κ2) is 6.35. The van der Waals surface area contributed by atoms with Crippen LogP contribution in [0.5, 0.6) is 11.5 Å². The standard InChI is InChI=1S/C12H19NO3/c1-13-12(4-5-14)9-6-10(15-2)8-11(7-9)16-3/h6-8,12-14H,4-5H2,1-3H3. The molecule has 1 aromatic rings. The highest BCUT2D eigenvalue weighted by atomic mass is 16.5. The van der Waals surface area contributed by atoms with Crippen molar-refractivity contribution in [3.8, 4) is 11.5 Å². The van der Waals surface area contributed by atoms with Gasteiger partial charge in [0.2, 0.25) is 0 Å². The molecule has 1 unspecified atom stereocenters. The number of nitrogens with one attached hydrogen (secondary N) is 1. The predicted molar refractivity (Wildman–Crippen MR) is 63.0 cm³/mol. The highest BCUT2D eigenvalue weighted by molar-refractivity contribution is 5.39. The molecule has 0 saturated carbocycles. The summed E-state index contributed by atoms with van der Waals surface area (Å²) in [7, 11) is 5.12. The Balaban J connectivity index is 3.00. The molecule has 0 heterocycles. The van der Waals surface area contributed by atoms with Gasteiger partial charge in [-0.05, 0) is 31.2 Å². The Labute approximate surface area is 96.2 Å². The molecule has 0 saturated heterocycles. The van der Waals surface area contributed by atoms with Crippen LogP contribution in [0.3, 0.4) is 0 Å². The first-order valence-corrected chi connectivity index (χ1v) is 5.26. The molecule has 4 heteroatoms. The highest BCUT2D eigenvalue weighted by Crippen LogP contribution is 2.27. The van der Waals surface area contributed by atoms with E-state index in [1.807, 2.05) is 25.2 Å². The molecule has 1 atom stereocenters. The van der Waals surface area contributed by atoms with Crippen LogP contribution in [-0.4, -0.2) is 33.0 Å². The van der Waals surface area contributed by atoms with Crippen LogP contribution in [0.25, 0.3) is 0 Å². The van der Waals surface area contributed by atoms with E-state index in [1.165, 1.54) is 0 Å². The number of hydrogen-bond donors (Lipinski definition) is 2. The Bertz CT molecular complexity index is 306. The smallest absolute Gasteiger partial charge is 0.122 e. The molecule has 16 heavy (non-hydrogen) atoms. The van der Waals surface area contributed by atoms with Crippen molar-refractivity contribution >= 4 is 0 Å². The predicted octanol–water partition coefficient (Wildman–Crippen LogP) is 1.35. The molecule has 0 spiro atoms. The Morgan fingerprint density at radius 2 is 1.75 bits per heavy atom. The number of aliphatic hydroxyl groups excluding tert-OH is 1. The first kappa shape index (κ1) is 12.8. The maximum Gasteiger partial charge on any atom is 0.122 e. The van der Waals surface area contributed by atoms with E-state index in [2.05, 4.69) is 5.32 Å². The molecule has 0 radical (unpaired) electrons. The van der Waals surface area contributed by atoms with Gasteiger partial charge in [0.15, 0.2) is 0 Å². The van der Waals surface area contributed by atoms with E-state index in [-0.39, 0.29) is 12.6 Å². The van der Waals surface area contributed by atoms with Crippen molar-refractivity contribution in [1.29, 1.82) is 0 Å². The second-order valence-electron chi connectivity index (χ2n) is 3.50. The van der Waals surface area contributed by atoms with Gasteiger partial charge in [-0.2, -0.15) is 0 Å². The number of aliphatic hydroxyl groups is 1. The van der Waals surface area contributed by atoms with Crippen molar-refractivity contribution in [3.05, 3.63) is 23.8 Å². The maximum atomic E-state index is 8.98. The lowest BCUT2D eigenvalue weighted by atomic mass is 10.0. The van der Waals surface area contributed by atoms with Crippen LogP contribution in [-0.2, 0) is 0 Å². The Morgan fingerprint density at radius 1 is 1.19 bits per heavy atom. The average molecular weight is 225 g/mol. The molecule has 0 aliphatic rings. The second-order valence-corrected chi connectivity index (χ2v) is 3.50. The molecule has 0 amide bonds. The van der Waals surface area contributed by atoms with Gasteiger partial charge in [-0.25, -0.2) is 0 Å². The Morgan fingerprint density at radius 3 is 2.12 bits per heavy atom. The van der Waals surface area contributed by atoms with Gasteiger partial charge in [-0.1, -0.05) is 0 Å². The van der Waals surface area contributed by atoms with Crippen molar-refractivity contribution in [2.45, 2.75) is 12.5 Å². The van der Waals surface area contributed by atoms with Crippen molar-refractivity contribution in [2.75, 3.05) is 27.9 Å². The van der Waals surface area contributed by atoms with Gasteiger partial charge in [-0.3, -0.25) is 0 Å². The summed E-state index contributed by atoms with van der Waals surface area (Å²) in [5, 5.41) is 12.1. The fourth-order valence-electron chi connectivity index (χ4n) is 1.64. The SMILES string of the molecule is CNC(CCO)c1cc(OC)cc(OC)c1. The zero-order valence-corrected chi connectivity index (χ0v) is 9.99. The highest BCUT2D eigenvalue weighted by Gasteiger charge is 2.11. The topological polar surface area (TPSA) is 50.7 Å². The minimum Gasteiger partial charge on any atom is -0.497 e. The fourth-order valence-corrected chi connectivity index (χ4v) is 1.64. The molecular formula is C12H19NO3. The molecule has 1 aromatic carbocycles. The minimum absolute atomic E-state index is 0.106. The fraction of sp³-hybridized carbons (Fsp3) is 0.500. The average Bonchev–Trinajstić information content (AvgIpc) is 2.35. The van der Waals surface area contributed by atoms with Crippen LogP contribution in [0.4, 0.5) is 0 Å². The summed E-state index contributed by atoms with van der Waals surface area (Å²) in [5.74, 6) is 1.51. The number of methoxy groups -OCH3 is 2. The summed E-state index contributed by atoms with van der Waals surface area (Å²) in [6.07, 6.45) is 0.660. The van der Waals surface area contributed by atoms with Gasteiger partial charge in [0.05, 0.1) is 14.2 Å². The zero-order chi connectivity index (χ0) is 12.0. The summed E-state index contributed by atoms with van der Waals surface area (Å²) in [5.41, 5.74) is 1.05. The molecule has 1 rings (SSSR count). The van der Waals surface area contributed by atoms with Crippen LogP contribution in [0.1, 0.15) is 18.0 Å². The van der Waals surface area contributed by atoms with Crippen molar-refractivity contribution in [1.82, 2.24) is 5.32 Å². The number of rotatable bonds is 6. The van der Waals surface area contributed by atoms with E-state index in [4.69, 9.17) is 14.6 Å². The Kier molecular flexibility index (Phi) is 5.08. The molecule has 0 aliphatic carbocycles. The number of ether oxygens (including phenoxy) is 2. The van der Waals surface area contributed by atoms with Crippen LogP contribution in [0, 0.1) is 0 Å². The van der Waals surface area contributed by atoms with Gasteiger partial charge < -0.3 is 19.9 Å². The molecule has 0 fully saturated rings. The van der Waals surface area contributed by atoms with E-state index in [0.29, 0.717) is 6.42 Å². The van der Waals surface area contributed by atoms with Gasteiger partial charge in [0.25, 0.3) is 0 Å². The van der Waals surface area contributed by atoms with Gasteiger partial charge in [-0.15, -0.1) is 0 Å². The minimum atomic E-state index is 0.106. The van der Waals surface area contributed by atoms with Crippen molar-refractivity contribution < 1.29 is 14.6 Å². The van der Waals surface area contributed by atoms with Crippen molar-refractivity contribution in [3.63, 3.8) is 0 Å². The molecule has 4 nitrogen and oxygen atoms in total. The largest absolute Gasteiger partial charge is 0.497 e. The van der Waals surface area contributed by atoms with E-state index >= 15 is 0 Å². The molecule has 0 aromatic heterocycles. The molecule has 0 aliphatic heterocycles. The quantitative estimate of drug-likeness (QED) is 0.767. The van der Waals surface area contributed by atoms with Gasteiger partial charge in [0.1, 0.15) is 11.5 Å². The van der Waals surface area contributed by atoms with Crippen LogP contribution < -0.4 is 14.8 Å². The monoisotopic (exact) mass is 225 g/mol. The summed E-state index contributed by atoms with van der Waals surface area (Å²) in [4.78, 5) is 0. The summed E-state index contributed by atoms with van der Waals surface area (Å²) >= 11 is 0. The van der Waals surface area contributed by atoms with E-state index in [0.717, 1.165) is 17.1 Å². The Hall–Kier alpha value is -1.26. The zero-order valence-electron chi connectivity index (χ0n) is 9.99. The molecule has 90 valence electrons. The molecule has 2 N–H and O–H groups in total. The van der Waals surface area contributed by atoms with Crippen LogP contribution in [0.15, 0.2) is 18.2 Å². The normalized spacial score (nSPS) is 12.2. The van der Waals surface area contributed by atoms with Crippen LogP contribution in [0.2, 0.25) is 0 Å². The third kappa shape index (κ3) is 3.12.